The third-order valence-corrected chi connectivity index (χ3v) is 4.16. The molecule has 0 spiro atoms. The van der Waals surface area contributed by atoms with Gasteiger partial charge in [-0.3, -0.25) is 4.79 Å². The van der Waals surface area contributed by atoms with Crippen LogP contribution in [0.4, 0.5) is 11.6 Å². The smallest absolute Gasteiger partial charge is 0.251 e. The molecule has 7 heteroatoms. The van der Waals surface area contributed by atoms with Crippen LogP contribution in [0.3, 0.4) is 0 Å². The minimum Gasteiger partial charge on any atom is -0.378 e. The Morgan fingerprint density at radius 2 is 1.96 bits per heavy atom. The molecule has 0 atom stereocenters. The van der Waals surface area contributed by atoms with Gasteiger partial charge >= 0.3 is 0 Å². The number of carbonyl (C=O) groups excluding carboxylic acids is 1. The first-order chi connectivity index (χ1) is 12.6. The van der Waals surface area contributed by atoms with E-state index in [2.05, 4.69) is 25.5 Å². The van der Waals surface area contributed by atoms with Gasteiger partial charge in [0.15, 0.2) is 0 Å². The molecule has 1 saturated heterocycles. The van der Waals surface area contributed by atoms with E-state index in [1.54, 1.807) is 0 Å². The lowest BCUT2D eigenvalue weighted by Gasteiger charge is -2.28. The Morgan fingerprint density at radius 3 is 2.73 bits per heavy atom. The third kappa shape index (κ3) is 4.92. The molecular formula is C19H25N5O2. The highest BCUT2D eigenvalue weighted by molar-refractivity contribution is 5.94. The molecule has 2 aromatic rings. The highest BCUT2D eigenvalue weighted by Crippen LogP contribution is 2.16. The molecule has 26 heavy (non-hydrogen) atoms. The molecule has 0 radical (unpaired) electrons. The summed E-state index contributed by atoms with van der Waals surface area (Å²) in [6.45, 7) is 8.08. The van der Waals surface area contributed by atoms with E-state index in [0.29, 0.717) is 18.7 Å². The molecule has 1 aromatic heterocycles. The first-order valence-corrected chi connectivity index (χ1v) is 8.89. The van der Waals surface area contributed by atoms with Crippen molar-refractivity contribution in [3.05, 3.63) is 47.3 Å². The van der Waals surface area contributed by atoms with E-state index in [1.165, 1.54) is 0 Å². The van der Waals surface area contributed by atoms with Crippen LogP contribution in [0.1, 0.15) is 21.7 Å². The zero-order valence-electron chi connectivity index (χ0n) is 15.3. The van der Waals surface area contributed by atoms with Crippen LogP contribution in [0.25, 0.3) is 0 Å². The van der Waals surface area contributed by atoms with Gasteiger partial charge in [-0.05, 0) is 26.0 Å². The maximum absolute atomic E-state index is 12.1. The maximum Gasteiger partial charge on any atom is 0.251 e. The fraction of sp³-hybridized carbons (Fsp3) is 0.421. The molecule has 0 unspecified atom stereocenters. The van der Waals surface area contributed by atoms with E-state index < -0.39 is 0 Å². The predicted molar refractivity (Wildman–Crippen MR) is 102 cm³/mol. The third-order valence-electron chi connectivity index (χ3n) is 4.16. The van der Waals surface area contributed by atoms with Crippen molar-refractivity contribution >= 4 is 17.5 Å². The highest BCUT2D eigenvalue weighted by atomic mass is 16.5. The predicted octanol–water partition coefficient (Wildman–Crippen LogP) is 1.77. The number of nitrogens with one attached hydrogen (secondary N) is 2. The second kappa shape index (κ2) is 8.62. The van der Waals surface area contributed by atoms with Crippen LogP contribution in [0.2, 0.25) is 0 Å². The van der Waals surface area contributed by atoms with Gasteiger partial charge in [-0.2, -0.15) is 0 Å². The molecule has 2 heterocycles. The number of ether oxygens (including phenoxy) is 1. The number of morpholine rings is 1. The summed E-state index contributed by atoms with van der Waals surface area (Å²) in [5.41, 5.74) is 1.75. The van der Waals surface area contributed by atoms with Crippen LogP contribution in [-0.4, -0.2) is 55.3 Å². The number of rotatable bonds is 6. The fourth-order valence-corrected chi connectivity index (χ4v) is 2.85. The number of amides is 1. The van der Waals surface area contributed by atoms with Crippen LogP contribution in [0.5, 0.6) is 0 Å². The van der Waals surface area contributed by atoms with Gasteiger partial charge in [-0.1, -0.05) is 17.7 Å². The molecule has 7 nitrogen and oxygen atoms in total. The van der Waals surface area contributed by atoms with E-state index in [-0.39, 0.29) is 5.91 Å². The van der Waals surface area contributed by atoms with Gasteiger partial charge in [0, 0.05) is 37.8 Å². The summed E-state index contributed by atoms with van der Waals surface area (Å²) in [4.78, 5) is 23.3. The first-order valence-electron chi connectivity index (χ1n) is 8.89. The van der Waals surface area contributed by atoms with Gasteiger partial charge in [-0.15, -0.1) is 0 Å². The minimum absolute atomic E-state index is 0.0663. The fourth-order valence-electron chi connectivity index (χ4n) is 2.85. The molecule has 1 fully saturated rings. The van der Waals surface area contributed by atoms with Crippen LogP contribution in [0, 0.1) is 13.8 Å². The Hall–Kier alpha value is -2.67. The highest BCUT2D eigenvalue weighted by Gasteiger charge is 2.14. The van der Waals surface area contributed by atoms with Gasteiger partial charge in [0.05, 0.1) is 13.2 Å². The number of hydrogen-bond acceptors (Lipinski definition) is 6. The van der Waals surface area contributed by atoms with Crippen molar-refractivity contribution in [2.45, 2.75) is 13.8 Å². The average molecular weight is 355 g/mol. The van der Waals surface area contributed by atoms with E-state index in [9.17, 15) is 4.79 Å². The number of anilines is 2. The largest absolute Gasteiger partial charge is 0.378 e. The Morgan fingerprint density at radius 1 is 1.15 bits per heavy atom. The molecule has 0 bridgehead atoms. The van der Waals surface area contributed by atoms with Gasteiger partial charge in [0.25, 0.3) is 5.91 Å². The van der Waals surface area contributed by atoms with Crippen molar-refractivity contribution in [3.63, 3.8) is 0 Å². The van der Waals surface area contributed by atoms with Crippen LogP contribution >= 0.6 is 0 Å². The standard InChI is InChI=1S/C19H25N5O2/c1-14-4-3-5-16(12-14)19(25)21-7-6-20-17-13-18(23-15(2)22-17)24-8-10-26-11-9-24/h3-5,12-13H,6-11H2,1-2H3,(H,21,25)(H,20,22,23). The second-order valence-corrected chi connectivity index (χ2v) is 6.31. The molecule has 1 aromatic carbocycles. The quantitative estimate of drug-likeness (QED) is 0.769. The molecule has 1 amide bonds. The number of aryl methyl sites for hydroxylation is 2. The molecule has 2 N–H and O–H groups in total. The Balaban J connectivity index is 1.51. The van der Waals surface area contributed by atoms with E-state index in [1.807, 2.05) is 44.2 Å². The van der Waals surface area contributed by atoms with Crippen LogP contribution < -0.4 is 15.5 Å². The van der Waals surface area contributed by atoms with E-state index in [0.717, 1.165) is 49.3 Å². The summed E-state index contributed by atoms with van der Waals surface area (Å²) in [5, 5.41) is 6.18. The number of benzene rings is 1. The molecule has 138 valence electrons. The molecule has 3 rings (SSSR count). The SMILES string of the molecule is Cc1cccc(C(=O)NCCNc2cc(N3CCOCC3)nc(C)n2)c1. The zero-order valence-corrected chi connectivity index (χ0v) is 15.3. The normalized spacial score (nSPS) is 14.2. The number of hydrogen-bond donors (Lipinski definition) is 2. The second-order valence-electron chi connectivity index (χ2n) is 6.31. The van der Waals surface area contributed by atoms with Crippen molar-refractivity contribution in [2.75, 3.05) is 49.6 Å². The summed E-state index contributed by atoms with van der Waals surface area (Å²) >= 11 is 0. The molecule has 0 saturated carbocycles. The summed E-state index contributed by atoms with van der Waals surface area (Å²) in [6.07, 6.45) is 0. The average Bonchev–Trinajstić information content (AvgIpc) is 2.65. The zero-order chi connectivity index (χ0) is 18.4. The summed E-state index contributed by atoms with van der Waals surface area (Å²) in [6, 6.07) is 9.51. The van der Waals surface area contributed by atoms with Crippen LogP contribution in [0.15, 0.2) is 30.3 Å². The lowest BCUT2D eigenvalue weighted by atomic mass is 10.1. The van der Waals surface area contributed by atoms with Gasteiger partial charge in [0.2, 0.25) is 0 Å². The summed E-state index contributed by atoms with van der Waals surface area (Å²) in [7, 11) is 0. The van der Waals surface area contributed by atoms with Crippen molar-refractivity contribution in [1.29, 1.82) is 0 Å². The summed E-state index contributed by atoms with van der Waals surface area (Å²) < 4.78 is 5.39. The van der Waals surface area contributed by atoms with Crippen molar-refractivity contribution < 1.29 is 9.53 Å². The molecular weight excluding hydrogens is 330 g/mol. The molecule has 1 aliphatic heterocycles. The maximum atomic E-state index is 12.1. The first kappa shape index (κ1) is 18.1. The lowest BCUT2D eigenvalue weighted by Crippen LogP contribution is -2.37. The lowest BCUT2D eigenvalue weighted by molar-refractivity contribution is 0.0955. The van der Waals surface area contributed by atoms with Gasteiger partial charge < -0.3 is 20.3 Å². The molecule has 0 aliphatic carbocycles. The van der Waals surface area contributed by atoms with E-state index in [4.69, 9.17) is 4.74 Å². The van der Waals surface area contributed by atoms with Gasteiger partial charge in [0.1, 0.15) is 17.5 Å². The topological polar surface area (TPSA) is 79.4 Å². The van der Waals surface area contributed by atoms with Crippen molar-refractivity contribution in [3.8, 4) is 0 Å². The van der Waals surface area contributed by atoms with Gasteiger partial charge in [-0.25, -0.2) is 9.97 Å². The Kier molecular flexibility index (Phi) is 6.01. The monoisotopic (exact) mass is 355 g/mol. The van der Waals surface area contributed by atoms with Crippen molar-refractivity contribution in [2.24, 2.45) is 0 Å². The Bertz CT molecular complexity index is 759. The number of carbonyl (C=O) groups is 1. The summed E-state index contributed by atoms with van der Waals surface area (Å²) in [5.74, 6) is 2.33. The Labute approximate surface area is 153 Å². The number of aromatic nitrogens is 2. The number of nitrogens with zero attached hydrogens (tertiary/aromatic N) is 3. The van der Waals surface area contributed by atoms with E-state index >= 15 is 0 Å². The minimum atomic E-state index is -0.0663. The van der Waals surface area contributed by atoms with Crippen molar-refractivity contribution in [1.82, 2.24) is 15.3 Å². The van der Waals surface area contributed by atoms with Crippen LogP contribution in [-0.2, 0) is 4.74 Å². The molecule has 1 aliphatic rings.